The fourth-order valence-electron chi connectivity index (χ4n) is 3.69. The molecule has 0 unspecified atom stereocenters. The molecule has 0 spiro atoms. The van der Waals surface area contributed by atoms with Gasteiger partial charge in [-0.1, -0.05) is 58.9 Å². The summed E-state index contributed by atoms with van der Waals surface area (Å²) < 4.78 is 32.5. The predicted molar refractivity (Wildman–Crippen MR) is 135 cm³/mol. The van der Waals surface area contributed by atoms with Crippen molar-refractivity contribution in [2.45, 2.75) is 57.3 Å². The molecule has 0 aliphatic heterocycles. The number of aromatic nitrogens is 3. The van der Waals surface area contributed by atoms with Crippen LogP contribution in [0.15, 0.2) is 65.6 Å². The van der Waals surface area contributed by atoms with Gasteiger partial charge in [-0.05, 0) is 59.7 Å². The molecule has 0 bridgehead atoms. The van der Waals surface area contributed by atoms with Gasteiger partial charge in [0, 0.05) is 11.3 Å². The highest BCUT2D eigenvalue weighted by atomic mass is 32.2. The Bertz CT molecular complexity index is 1420. The second-order valence-corrected chi connectivity index (χ2v) is 11.1. The van der Waals surface area contributed by atoms with Crippen molar-refractivity contribution < 1.29 is 12.6 Å². The summed E-state index contributed by atoms with van der Waals surface area (Å²) in [5.41, 5.74) is 9.71. The van der Waals surface area contributed by atoms with Crippen LogP contribution < -0.4 is 9.92 Å². The third-order valence-electron chi connectivity index (χ3n) is 5.95. The first kappa shape index (κ1) is 23.8. The van der Waals surface area contributed by atoms with Crippen molar-refractivity contribution in [3.63, 3.8) is 0 Å². The summed E-state index contributed by atoms with van der Waals surface area (Å²) in [6.45, 7) is 10.5. The van der Waals surface area contributed by atoms with Crippen molar-refractivity contribution in [2.75, 3.05) is 5.73 Å². The molecule has 0 saturated carbocycles. The number of nitrogens with zero attached hydrogens (tertiary/aromatic N) is 3. The van der Waals surface area contributed by atoms with Gasteiger partial charge in [0.1, 0.15) is 21.6 Å². The first-order chi connectivity index (χ1) is 16.0. The zero-order valence-corrected chi connectivity index (χ0v) is 20.9. The van der Waals surface area contributed by atoms with Crippen LogP contribution in [0.5, 0.6) is 5.75 Å². The van der Waals surface area contributed by atoms with E-state index in [0.29, 0.717) is 22.4 Å². The second-order valence-electron chi connectivity index (χ2n) is 9.56. The number of hydrogen-bond acceptors (Lipinski definition) is 6. The zero-order valence-electron chi connectivity index (χ0n) is 20.1. The molecular formula is C26H30N4O3S. The second kappa shape index (κ2) is 8.76. The monoisotopic (exact) mass is 478 g/mol. The van der Waals surface area contributed by atoms with E-state index in [4.69, 9.17) is 9.92 Å². The number of rotatable bonds is 6. The van der Waals surface area contributed by atoms with E-state index in [1.165, 1.54) is 16.9 Å². The van der Waals surface area contributed by atoms with Gasteiger partial charge < -0.3 is 9.92 Å². The maximum absolute atomic E-state index is 13.3. The quantitative estimate of drug-likeness (QED) is 0.287. The fraction of sp³-hybridized carbons (Fsp3) is 0.308. The molecule has 2 N–H and O–H groups in total. The van der Waals surface area contributed by atoms with Gasteiger partial charge in [0.15, 0.2) is 5.75 Å². The maximum Gasteiger partial charge on any atom is 0.339 e. The van der Waals surface area contributed by atoms with Gasteiger partial charge in [-0.15, -0.1) is 15.0 Å². The molecule has 178 valence electrons. The summed E-state index contributed by atoms with van der Waals surface area (Å²) in [5, 5.41) is 9.24. The molecular weight excluding hydrogens is 448 g/mol. The summed E-state index contributed by atoms with van der Waals surface area (Å²) in [6, 6.07) is 17.5. The minimum Gasteiger partial charge on any atom is -0.399 e. The Balaban J connectivity index is 1.99. The van der Waals surface area contributed by atoms with Crippen LogP contribution in [0.2, 0.25) is 0 Å². The molecule has 0 amide bonds. The minimum atomic E-state index is -4.16. The lowest BCUT2D eigenvalue weighted by atomic mass is 9.83. The van der Waals surface area contributed by atoms with Crippen LogP contribution in [0.4, 0.5) is 5.69 Å². The normalized spacial score (nSPS) is 13.2. The molecule has 1 atom stereocenters. The molecule has 0 aliphatic rings. The Morgan fingerprint density at radius 2 is 1.65 bits per heavy atom. The van der Waals surface area contributed by atoms with E-state index in [0.717, 1.165) is 17.5 Å². The van der Waals surface area contributed by atoms with Gasteiger partial charge in [0.25, 0.3) is 0 Å². The molecule has 8 heteroatoms. The Morgan fingerprint density at radius 3 is 2.21 bits per heavy atom. The van der Waals surface area contributed by atoms with Gasteiger partial charge >= 0.3 is 10.1 Å². The minimum absolute atomic E-state index is 0.00737. The molecule has 0 radical (unpaired) electrons. The lowest BCUT2D eigenvalue weighted by molar-refractivity contribution is 0.474. The van der Waals surface area contributed by atoms with Crippen molar-refractivity contribution in [2.24, 2.45) is 0 Å². The summed E-state index contributed by atoms with van der Waals surface area (Å²) >= 11 is 0. The third kappa shape index (κ3) is 4.63. The highest BCUT2D eigenvalue weighted by Gasteiger charge is 2.28. The summed E-state index contributed by atoms with van der Waals surface area (Å²) in [6.07, 6.45) is 0.802. The van der Waals surface area contributed by atoms with Crippen LogP contribution in [0.1, 0.15) is 58.1 Å². The average Bonchev–Trinajstić information content (AvgIpc) is 3.21. The molecule has 7 nitrogen and oxygen atoms in total. The highest BCUT2D eigenvalue weighted by molar-refractivity contribution is 7.87. The number of fused-ring (bicyclic) bond motifs is 1. The van der Waals surface area contributed by atoms with Crippen LogP contribution in [0.3, 0.4) is 0 Å². The van der Waals surface area contributed by atoms with Crippen molar-refractivity contribution in [1.29, 1.82) is 0 Å². The largest absolute Gasteiger partial charge is 0.399 e. The van der Waals surface area contributed by atoms with E-state index in [1.54, 1.807) is 12.1 Å². The van der Waals surface area contributed by atoms with E-state index >= 15 is 0 Å². The number of hydrogen-bond donors (Lipinski definition) is 1. The number of benzene rings is 3. The molecule has 0 fully saturated rings. The van der Waals surface area contributed by atoms with Crippen molar-refractivity contribution in [1.82, 2.24) is 15.0 Å². The van der Waals surface area contributed by atoms with Crippen molar-refractivity contribution in [3.8, 4) is 11.4 Å². The topological polar surface area (TPSA) is 100 Å². The number of nitrogens with two attached hydrogens (primary N) is 1. The van der Waals surface area contributed by atoms with Crippen LogP contribution in [0.25, 0.3) is 16.7 Å². The number of nitrogen functional groups attached to an aromatic ring is 1. The molecule has 34 heavy (non-hydrogen) atoms. The number of anilines is 1. The lowest BCUT2D eigenvalue weighted by Gasteiger charge is -2.25. The van der Waals surface area contributed by atoms with Crippen molar-refractivity contribution in [3.05, 3.63) is 71.8 Å². The molecule has 4 rings (SSSR count). The smallest absolute Gasteiger partial charge is 0.339 e. The van der Waals surface area contributed by atoms with Crippen LogP contribution >= 0.6 is 0 Å². The molecule has 1 heterocycles. The van der Waals surface area contributed by atoms with E-state index < -0.39 is 10.1 Å². The van der Waals surface area contributed by atoms with Gasteiger partial charge in [-0.3, -0.25) is 0 Å². The average molecular weight is 479 g/mol. The Labute approximate surface area is 200 Å². The Hall–Kier alpha value is -3.39. The van der Waals surface area contributed by atoms with Crippen LogP contribution in [0, 0.1) is 0 Å². The molecule has 0 saturated heterocycles. The zero-order chi connectivity index (χ0) is 24.7. The Morgan fingerprint density at radius 1 is 1.00 bits per heavy atom. The van der Waals surface area contributed by atoms with Gasteiger partial charge in [-0.25, -0.2) is 0 Å². The lowest BCUT2D eigenvalue weighted by Crippen LogP contribution is -2.18. The maximum atomic E-state index is 13.3. The SMILES string of the molecule is CC[C@@H](C)c1cc(C(C)(C)C)cc(-n2nc3ccccc3n2)c1OS(=O)(=O)c1cccc(N)c1. The first-order valence-electron chi connectivity index (χ1n) is 11.3. The molecule has 0 aliphatic carbocycles. The third-order valence-corrected chi connectivity index (χ3v) is 7.17. The predicted octanol–water partition coefficient (Wildman–Crippen LogP) is 5.58. The van der Waals surface area contributed by atoms with E-state index in [1.807, 2.05) is 36.4 Å². The summed E-state index contributed by atoms with van der Waals surface area (Å²) in [7, 11) is -4.16. The highest BCUT2D eigenvalue weighted by Crippen LogP contribution is 2.40. The first-order valence-corrected chi connectivity index (χ1v) is 12.7. The molecule has 1 aromatic heterocycles. The molecule has 4 aromatic rings. The van der Waals surface area contributed by atoms with E-state index in [2.05, 4.69) is 44.8 Å². The van der Waals surface area contributed by atoms with Gasteiger partial charge in [0.2, 0.25) is 0 Å². The Kier molecular flexibility index (Phi) is 6.12. The standard InChI is InChI=1S/C26H30N4O3S/c1-6-17(2)21-14-18(26(3,4)5)15-24(30-28-22-12-7-8-13-23(22)29-30)25(21)33-34(31,32)20-11-9-10-19(27)16-20/h7-17H,6,27H2,1-5H3/t17-/m1/s1. The van der Waals surface area contributed by atoms with E-state index in [9.17, 15) is 8.42 Å². The summed E-state index contributed by atoms with van der Waals surface area (Å²) in [4.78, 5) is 1.46. The fourth-order valence-corrected chi connectivity index (χ4v) is 4.71. The van der Waals surface area contributed by atoms with Crippen molar-refractivity contribution >= 4 is 26.8 Å². The van der Waals surface area contributed by atoms with Crippen LogP contribution in [-0.2, 0) is 15.5 Å². The van der Waals surface area contributed by atoms with E-state index in [-0.39, 0.29) is 22.0 Å². The van der Waals surface area contributed by atoms with Gasteiger partial charge in [-0.2, -0.15) is 8.42 Å². The van der Waals surface area contributed by atoms with Gasteiger partial charge in [0.05, 0.1) is 0 Å². The molecule has 3 aromatic carbocycles. The van der Waals surface area contributed by atoms with Crippen LogP contribution in [-0.4, -0.2) is 23.4 Å². The summed E-state index contributed by atoms with van der Waals surface area (Å²) in [5.74, 6) is 0.266.